The summed E-state index contributed by atoms with van der Waals surface area (Å²) in [5, 5.41) is 6.88. The molecule has 10 heteroatoms. The summed E-state index contributed by atoms with van der Waals surface area (Å²) in [6.45, 7) is 9.29. The van der Waals surface area contributed by atoms with Crippen molar-refractivity contribution in [2.75, 3.05) is 0 Å². The van der Waals surface area contributed by atoms with Crippen molar-refractivity contribution in [1.29, 1.82) is 0 Å². The van der Waals surface area contributed by atoms with Gasteiger partial charge in [-0.25, -0.2) is 14.6 Å². The van der Waals surface area contributed by atoms with Gasteiger partial charge in [-0.05, 0) is 44.4 Å². The Hall–Kier alpha value is -2.81. The fourth-order valence-electron chi connectivity index (χ4n) is 5.16. The molecule has 0 aromatic heterocycles. The van der Waals surface area contributed by atoms with E-state index in [2.05, 4.69) is 5.32 Å². The summed E-state index contributed by atoms with van der Waals surface area (Å²) in [5.74, 6) is -1.04. The molecule has 204 valence electrons. The third-order valence-electron chi connectivity index (χ3n) is 6.63. The molecule has 8 nitrogen and oxygen atoms in total. The minimum absolute atomic E-state index is 0.0613. The van der Waals surface area contributed by atoms with Gasteiger partial charge in [-0.2, -0.15) is 0 Å². The number of carbonyl (C=O) groups excluding carboxylic acids is 3. The van der Waals surface area contributed by atoms with Gasteiger partial charge in [0.1, 0.15) is 24.3 Å². The number of halogens is 2. The molecule has 2 aromatic carbocycles. The highest BCUT2D eigenvalue weighted by molar-refractivity contribution is 6.36. The number of fused-ring (bicyclic) bond motifs is 1. The normalized spacial score (nSPS) is 23.5. The number of esters is 1. The lowest BCUT2D eigenvalue weighted by atomic mass is 9.92. The number of hydrogen-bond donors (Lipinski definition) is 1. The zero-order valence-electron chi connectivity index (χ0n) is 22.1. The summed E-state index contributed by atoms with van der Waals surface area (Å²) >= 11 is 13.2. The maximum Gasteiger partial charge on any atom is 0.408 e. The second-order valence-corrected chi connectivity index (χ2v) is 11.7. The molecule has 38 heavy (non-hydrogen) atoms. The monoisotopic (exact) mass is 561 g/mol. The van der Waals surface area contributed by atoms with Gasteiger partial charge in [0.05, 0.1) is 12.1 Å². The Morgan fingerprint density at radius 2 is 1.68 bits per heavy atom. The van der Waals surface area contributed by atoms with Gasteiger partial charge in [-0.15, -0.1) is 0 Å². The molecule has 4 rings (SSSR count). The van der Waals surface area contributed by atoms with E-state index in [1.54, 1.807) is 39.0 Å². The van der Waals surface area contributed by atoms with Crippen LogP contribution < -0.4 is 5.32 Å². The number of hydrazine groups is 1. The number of rotatable bonds is 6. The Bertz CT molecular complexity index is 1180. The highest BCUT2D eigenvalue weighted by atomic mass is 35.5. The van der Waals surface area contributed by atoms with E-state index in [-0.39, 0.29) is 18.9 Å². The Morgan fingerprint density at radius 1 is 1.05 bits per heavy atom. The molecule has 0 saturated carbocycles. The van der Waals surface area contributed by atoms with Crippen molar-refractivity contribution >= 4 is 41.2 Å². The fraction of sp³-hybridized carbons (Fsp3) is 0.464. The Morgan fingerprint density at radius 3 is 2.26 bits per heavy atom. The maximum absolute atomic E-state index is 13.9. The van der Waals surface area contributed by atoms with E-state index in [0.29, 0.717) is 15.6 Å². The predicted molar refractivity (Wildman–Crippen MR) is 144 cm³/mol. The largest absolute Gasteiger partial charge is 0.458 e. The van der Waals surface area contributed by atoms with Crippen molar-refractivity contribution in [3.63, 3.8) is 0 Å². The summed E-state index contributed by atoms with van der Waals surface area (Å²) in [6.07, 6.45) is -0.472. The topological polar surface area (TPSA) is 88.2 Å². The number of carbonyl (C=O) groups is 3. The standard InChI is InChI=1S/C28H33Cl2N3O5/c1-16(2)24-23(31-27(36)37-15-17-10-7-6-8-11-17)25(34)33-21(26(35)38-28(3,4)5)14-20(32(24)33)22-18(29)12-9-13-19(22)30/h6-13,16,20-21,23-24H,14-15H2,1-5H3,(H,31,36)/t20-,21-,23+,24+/m0/s1. The van der Waals surface area contributed by atoms with Crippen molar-refractivity contribution in [2.45, 2.75) is 77.4 Å². The number of alkyl carbamates (subject to hydrolysis) is 1. The van der Waals surface area contributed by atoms with E-state index in [0.717, 1.165) is 5.56 Å². The lowest BCUT2D eigenvalue weighted by molar-refractivity contribution is -0.168. The SMILES string of the molecule is CC(C)[C@@H]1[C@@H](NC(=O)OCc2ccccc2)C(=O)N2[C@H](C(=O)OC(C)(C)C)C[C@@H](c3c(Cl)cccc3Cl)N12. The average Bonchev–Trinajstić information content (AvgIpc) is 3.33. The lowest BCUT2D eigenvalue weighted by Crippen LogP contribution is -2.50. The van der Waals surface area contributed by atoms with Gasteiger partial charge in [0.25, 0.3) is 5.91 Å². The van der Waals surface area contributed by atoms with Crippen LogP contribution in [0.4, 0.5) is 4.79 Å². The summed E-state index contributed by atoms with van der Waals surface area (Å²) in [5.41, 5.74) is 0.697. The quantitative estimate of drug-likeness (QED) is 0.466. The van der Waals surface area contributed by atoms with E-state index in [1.807, 2.05) is 49.2 Å². The minimum atomic E-state index is -0.952. The van der Waals surface area contributed by atoms with Crippen LogP contribution in [-0.4, -0.2) is 51.7 Å². The molecule has 0 radical (unpaired) electrons. The van der Waals surface area contributed by atoms with Crippen LogP contribution in [0.25, 0.3) is 0 Å². The molecule has 2 aliphatic rings. The van der Waals surface area contributed by atoms with Gasteiger partial charge in [-0.3, -0.25) is 9.80 Å². The third-order valence-corrected chi connectivity index (χ3v) is 7.29. The van der Waals surface area contributed by atoms with E-state index in [9.17, 15) is 14.4 Å². The zero-order valence-corrected chi connectivity index (χ0v) is 23.6. The van der Waals surface area contributed by atoms with Crippen molar-refractivity contribution in [3.05, 3.63) is 69.7 Å². The van der Waals surface area contributed by atoms with Crippen LogP contribution in [0.1, 0.15) is 58.2 Å². The molecule has 2 aromatic rings. The maximum atomic E-state index is 13.9. The summed E-state index contributed by atoms with van der Waals surface area (Å²) < 4.78 is 11.1. The van der Waals surface area contributed by atoms with E-state index < -0.39 is 47.7 Å². The molecule has 0 unspecified atom stereocenters. The van der Waals surface area contributed by atoms with Crippen molar-refractivity contribution < 1.29 is 23.9 Å². The Balaban J connectivity index is 1.67. The highest BCUT2D eigenvalue weighted by Crippen LogP contribution is 2.48. The van der Waals surface area contributed by atoms with E-state index in [4.69, 9.17) is 32.7 Å². The van der Waals surface area contributed by atoms with Crippen molar-refractivity contribution in [3.8, 4) is 0 Å². The molecule has 1 N–H and O–H groups in total. The molecule has 2 fully saturated rings. The molecular weight excluding hydrogens is 529 g/mol. The fourth-order valence-corrected chi connectivity index (χ4v) is 5.81. The van der Waals surface area contributed by atoms with Crippen molar-refractivity contribution in [2.24, 2.45) is 5.92 Å². The van der Waals surface area contributed by atoms with Crippen LogP contribution in [-0.2, 0) is 25.7 Å². The second kappa shape index (κ2) is 11.1. The molecule has 4 atom stereocenters. The summed E-state index contributed by atoms with van der Waals surface area (Å²) in [4.78, 5) is 40.0. The molecule has 2 heterocycles. The number of benzene rings is 2. The number of nitrogens with one attached hydrogen (secondary N) is 1. The first-order valence-corrected chi connectivity index (χ1v) is 13.4. The van der Waals surface area contributed by atoms with Gasteiger partial charge in [-0.1, -0.05) is 73.4 Å². The molecular formula is C28H33Cl2N3O5. The first kappa shape index (κ1) is 28.2. The van der Waals surface area contributed by atoms with E-state index in [1.165, 1.54) is 5.01 Å². The van der Waals surface area contributed by atoms with Crippen LogP contribution in [0, 0.1) is 5.92 Å². The molecule has 2 amide bonds. The van der Waals surface area contributed by atoms with Gasteiger partial charge < -0.3 is 14.8 Å². The van der Waals surface area contributed by atoms with Crippen LogP contribution in [0.3, 0.4) is 0 Å². The third kappa shape index (κ3) is 5.77. The van der Waals surface area contributed by atoms with Crippen LogP contribution >= 0.6 is 23.2 Å². The van der Waals surface area contributed by atoms with E-state index >= 15 is 0 Å². The van der Waals surface area contributed by atoms with Crippen LogP contribution in [0.15, 0.2) is 48.5 Å². The molecule has 2 saturated heterocycles. The number of ether oxygens (including phenoxy) is 2. The van der Waals surface area contributed by atoms with Gasteiger partial charge in [0.2, 0.25) is 0 Å². The predicted octanol–water partition coefficient (Wildman–Crippen LogP) is 5.53. The Kier molecular flexibility index (Phi) is 8.26. The van der Waals surface area contributed by atoms with Gasteiger partial charge in [0, 0.05) is 22.0 Å². The van der Waals surface area contributed by atoms with Gasteiger partial charge >= 0.3 is 12.1 Å². The Labute approximate surface area is 233 Å². The zero-order chi connectivity index (χ0) is 27.8. The average molecular weight is 562 g/mol. The molecule has 0 spiro atoms. The highest BCUT2D eigenvalue weighted by Gasteiger charge is 2.60. The second-order valence-electron chi connectivity index (χ2n) is 10.9. The molecule has 0 aliphatic carbocycles. The molecule has 0 bridgehead atoms. The number of hydrogen-bond acceptors (Lipinski definition) is 6. The van der Waals surface area contributed by atoms with Crippen molar-refractivity contribution in [1.82, 2.24) is 15.3 Å². The van der Waals surface area contributed by atoms with Crippen LogP contribution in [0.2, 0.25) is 10.0 Å². The first-order chi connectivity index (χ1) is 17.9. The summed E-state index contributed by atoms with van der Waals surface area (Å²) in [6, 6.07) is 11.6. The first-order valence-electron chi connectivity index (χ1n) is 12.6. The molecule has 2 aliphatic heterocycles. The lowest BCUT2D eigenvalue weighted by Gasteiger charge is -2.35. The summed E-state index contributed by atoms with van der Waals surface area (Å²) in [7, 11) is 0. The number of amides is 2. The van der Waals surface area contributed by atoms with Gasteiger partial charge in [0.15, 0.2) is 0 Å². The minimum Gasteiger partial charge on any atom is -0.458 e. The number of nitrogens with zero attached hydrogens (tertiary/aromatic N) is 2. The smallest absolute Gasteiger partial charge is 0.408 e. The van der Waals surface area contributed by atoms with Crippen LogP contribution in [0.5, 0.6) is 0 Å².